The predicted octanol–water partition coefficient (Wildman–Crippen LogP) is 5.26. The van der Waals surface area contributed by atoms with Gasteiger partial charge in [-0.25, -0.2) is 0 Å². The minimum absolute atomic E-state index is 0.0385. The Morgan fingerprint density at radius 2 is 1.62 bits per heavy atom. The van der Waals surface area contributed by atoms with Crippen molar-refractivity contribution in [2.24, 2.45) is 0 Å². The molecule has 4 aromatic carbocycles. The fraction of sp³-hybridized carbons (Fsp3) is 0.133. The number of carbonyl (C=O) groups is 2. The molecule has 37 heavy (non-hydrogen) atoms. The van der Waals surface area contributed by atoms with E-state index in [-0.39, 0.29) is 18.1 Å². The number of aliphatic hydroxyl groups is 1. The minimum Gasteiger partial charge on any atom is -0.507 e. The molecule has 7 nitrogen and oxygen atoms in total. The number of ketones is 1. The first kappa shape index (κ1) is 22.7. The monoisotopic (exact) mass is 492 g/mol. The Bertz CT molecular complexity index is 1580. The highest BCUT2D eigenvalue weighted by atomic mass is 16.7. The van der Waals surface area contributed by atoms with Crippen molar-refractivity contribution in [3.63, 3.8) is 0 Å². The average molecular weight is 493 g/mol. The van der Waals surface area contributed by atoms with E-state index in [1.807, 2.05) is 79.7 Å². The van der Waals surface area contributed by atoms with Crippen LogP contribution in [0.3, 0.4) is 0 Å². The quantitative estimate of drug-likeness (QED) is 0.238. The zero-order valence-electron chi connectivity index (χ0n) is 20.3. The SMILES string of the molecule is CN(C)c1ccc(C2/C(=C(/O)c3cccc4ccccc34)C(=O)C(=O)N2c2ccc3c(c2)OCO3)cc1. The van der Waals surface area contributed by atoms with Crippen molar-refractivity contribution in [2.45, 2.75) is 6.04 Å². The number of nitrogens with zero attached hydrogens (tertiary/aromatic N) is 2. The van der Waals surface area contributed by atoms with Gasteiger partial charge >= 0.3 is 0 Å². The second kappa shape index (κ2) is 8.71. The Hall–Kier alpha value is -4.78. The van der Waals surface area contributed by atoms with Crippen LogP contribution in [0.25, 0.3) is 16.5 Å². The summed E-state index contributed by atoms with van der Waals surface area (Å²) in [6, 6.07) is 25.0. The van der Waals surface area contributed by atoms with Gasteiger partial charge in [0.05, 0.1) is 11.6 Å². The molecule has 184 valence electrons. The Kier molecular flexibility index (Phi) is 5.34. The van der Waals surface area contributed by atoms with E-state index in [4.69, 9.17) is 9.47 Å². The number of aliphatic hydroxyl groups excluding tert-OH is 1. The molecule has 0 bridgehead atoms. The molecule has 6 rings (SSSR count). The van der Waals surface area contributed by atoms with Gasteiger partial charge in [-0.2, -0.15) is 0 Å². The third kappa shape index (κ3) is 3.67. The van der Waals surface area contributed by atoms with Gasteiger partial charge in [-0.3, -0.25) is 14.5 Å². The highest BCUT2D eigenvalue weighted by Crippen LogP contribution is 2.45. The number of hydrogen-bond donors (Lipinski definition) is 1. The van der Waals surface area contributed by atoms with Crippen LogP contribution >= 0.6 is 0 Å². The van der Waals surface area contributed by atoms with E-state index in [1.54, 1.807) is 24.3 Å². The number of fused-ring (bicyclic) bond motifs is 2. The van der Waals surface area contributed by atoms with Crippen LogP contribution in [0.1, 0.15) is 17.2 Å². The number of hydrogen-bond acceptors (Lipinski definition) is 6. The first-order valence-corrected chi connectivity index (χ1v) is 11.9. The summed E-state index contributed by atoms with van der Waals surface area (Å²) in [5.74, 6) is -0.606. The molecular weight excluding hydrogens is 468 g/mol. The molecule has 0 spiro atoms. The molecule has 0 aliphatic carbocycles. The lowest BCUT2D eigenvalue weighted by Gasteiger charge is -2.26. The van der Waals surface area contributed by atoms with E-state index >= 15 is 0 Å². The first-order chi connectivity index (χ1) is 17.9. The average Bonchev–Trinajstić information content (AvgIpc) is 3.49. The Morgan fingerprint density at radius 3 is 2.41 bits per heavy atom. The lowest BCUT2D eigenvalue weighted by molar-refractivity contribution is -0.132. The molecule has 0 saturated carbocycles. The van der Waals surface area contributed by atoms with E-state index in [1.165, 1.54) is 4.90 Å². The number of Topliss-reactive ketones (excluding diaryl/α,β-unsaturated/α-hetero) is 1. The lowest BCUT2D eigenvalue weighted by atomic mass is 9.93. The van der Waals surface area contributed by atoms with Gasteiger partial charge in [-0.15, -0.1) is 0 Å². The molecule has 0 radical (unpaired) electrons. The lowest BCUT2D eigenvalue weighted by Crippen LogP contribution is -2.29. The Morgan fingerprint density at radius 1 is 0.892 bits per heavy atom. The maximum Gasteiger partial charge on any atom is 0.300 e. The summed E-state index contributed by atoms with van der Waals surface area (Å²) in [5.41, 5.74) is 2.68. The van der Waals surface area contributed by atoms with Crippen molar-refractivity contribution in [2.75, 3.05) is 30.7 Å². The molecule has 2 heterocycles. The van der Waals surface area contributed by atoms with Crippen LogP contribution in [0.2, 0.25) is 0 Å². The van der Waals surface area contributed by atoms with Crippen molar-refractivity contribution < 1.29 is 24.2 Å². The molecule has 7 heteroatoms. The van der Waals surface area contributed by atoms with Crippen LogP contribution in [0.4, 0.5) is 11.4 Å². The first-order valence-electron chi connectivity index (χ1n) is 11.9. The van der Waals surface area contributed by atoms with Crippen molar-refractivity contribution in [3.05, 3.63) is 102 Å². The molecule has 1 saturated heterocycles. The standard InChI is InChI=1S/C30H24N2O5/c1-31(2)20-12-10-19(11-13-20)27-26(28(33)23-9-5-7-18-6-3-4-8-22(18)23)29(34)30(35)32(27)21-14-15-24-25(16-21)37-17-36-24/h3-16,27,33H,17H2,1-2H3/b28-26-. The molecule has 1 fully saturated rings. The van der Waals surface area contributed by atoms with Crippen LogP contribution in [0.5, 0.6) is 11.5 Å². The minimum atomic E-state index is -0.837. The molecule has 1 amide bonds. The highest BCUT2D eigenvalue weighted by Gasteiger charge is 2.47. The van der Waals surface area contributed by atoms with E-state index in [0.717, 1.165) is 16.5 Å². The summed E-state index contributed by atoms with van der Waals surface area (Å²) in [6.07, 6.45) is 0. The number of rotatable bonds is 4. The summed E-state index contributed by atoms with van der Waals surface area (Å²) < 4.78 is 10.9. The third-order valence-electron chi connectivity index (χ3n) is 6.85. The molecule has 1 atom stereocenters. The molecular formula is C30H24N2O5. The second-order valence-corrected chi connectivity index (χ2v) is 9.22. The normalized spacial score (nSPS) is 18.0. The second-order valence-electron chi connectivity index (χ2n) is 9.22. The van der Waals surface area contributed by atoms with Crippen LogP contribution in [0.15, 0.2) is 90.5 Å². The number of anilines is 2. The molecule has 2 aliphatic heterocycles. The van der Waals surface area contributed by atoms with E-state index in [2.05, 4.69) is 0 Å². The zero-order chi connectivity index (χ0) is 25.7. The van der Waals surface area contributed by atoms with E-state index in [0.29, 0.717) is 28.3 Å². The molecule has 1 N–H and O–H groups in total. The number of amides is 1. The largest absolute Gasteiger partial charge is 0.507 e. The summed E-state index contributed by atoms with van der Waals surface area (Å²) in [7, 11) is 3.88. The number of ether oxygens (including phenoxy) is 2. The summed E-state index contributed by atoms with van der Waals surface area (Å²) in [6.45, 7) is 0.0914. The van der Waals surface area contributed by atoms with Gasteiger partial charge in [0.1, 0.15) is 5.76 Å². The van der Waals surface area contributed by atoms with Gasteiger partial charge in [0, 0.05) is 37.1 Å². The van der Waals surface area contributed by atoms with E-state index < -0.39 is 17.7 Å². The van der Waals surface area contributed by atoms with Crippen molar-refractivity contribution in [3.8, 4) is 11.5 Å². The van der Waals surface area contributed by atoms with Gasteiger partial charge < -0.3 is 19.5 Å². The Labute approximate surface area is 213 Å². The maximum atomic E-state index is 13.6. The van der Waals surface area contributed by atoms with Crippen molar-refractivity contribution in [1.82, 2.24) is 0 Å². The van der Waals surface area contributed by atoms with Gasteiger partial charge in [-0.05, 0) is 40.6 Å². The van der Waals surface area contributed by atoms with Gasteiger partial charge in [0.15, 0.2) is 11.5 Å². The van der Waals surface area contributed by atoms with Gasteiger partial charge in [0.25, 0.3) is 11.7 Å². The number of benzene rings is 4. The van der Waals surface area contributed by atoms with Crippen LogP contribution in [-0.2, 0) is 9.59 Å². The predicted molar refractivity (Wildman–Crippen MR) is 142 cm³/mol. The van der Waals surface area contributed by atoms with Crippen molar-refractivity contribution in [1.29, 1.82) is 0 Å². The third-order valence-corrected chi connectivity index (χ3v) is 6.85. The van der Waals surface area contributed by atoms with Gasteiger partial charge in [0.2, 0.25) is 6.79 Å². The van der Waals surface area contributed by atoms with Crippen LogP contribution < -0.4 is 19.3 Å². The van der Waals surface area contributed by atoms with E-state index in [9.17, 15) is 14.7 Å². The number of carbonyl (C=O) groups excluding carboxylic acids is 2. The summed E-state index contributed by atoms with van der Waals surface area (Å²) in [4.78, 5) is 30.5. The summed E-state index contributed by atoms with van der Waals surface area (Å²) >= 11 is 0. The molecule has 1 unspecified atom stereocenters. The summed E-state index contributed by atoms with van der Waals surface area (Å²) in [5, 5.41) is 13.3. The molecule has 0 aromatic heterocycles. The molecule has 2 aliphatic rings. The molecule has 4 aromatic rings. The smallest absolute Gasteiger partial charge is 0.300 e. The maximum absolute atomic E-state index is 13.6. The van der Waals surface area contributed by atoms with Crippen molar-refractivity contribution >= 4 is 39.6 Å². The van der Waals surface area contributed by atoms with Crippen LogP contribution in [-0.4, -0.2) is 37.7 Å². The topological polar surface area (TPSA) is 79.3 Å². The van der Waals surface area contributed by atoms with Gasteiger partial charge in [-0.1, -0.05) is 54.6 Å². The highest BCUT2D eigenvalue weighted by molar-refractivity contribution is 6.51. The fourth-order valence-electron chi connectivity index (χ4n) is 4.98. The Balaban J connectivity index is 1.57. The zero-order valence-corrected chi connectivity index (χ0v) is 20.3. The fourth-order valence-corrected chi connectivity index (χ4v) is 4.98. The van der Waals surface area contributed by atoms with Crippen LogP contribution in [0, 0.1) is 0 Å².